The van der Waals surface area contributed by atoms with Gasteiger partial charge in [-0.15, -0.1) is 0 Å². The maximum absolute atomic E-state index is 12.6. The van der Waals surface area contributed by atoms with Crippen LogP contribution in [-0.2, 0) is 0 Å². The Morgan fingerprint density at radius 1 is 1.03 bits per heavy atom. The van der Waals surface area contributed by atoms with E-state index in [0.717, 1.165) is 31.9 Å². The van der Waals surface area contributed by atoms with Crippen molar-refractivity contribution in [1.29, 1.82) is 0 Å². The summed E-state index contributed by atoms with van der Waals surface area (Å²) in [6.07, 6.45) is 1.67. The second-order valence-electron chi connectivity index (χ2n) is 7.72. The van der Waals surface area contributed by atoms with E-state index in [-0.39, 0.29) is 5.91 Å². The second-order valence-corrected chi connectivity index (χ2v) is 8.53. The van der Waals surface area contributed by atoms with Crippen molar-refractivity contribution in [3.05, 3.63) is 52.9 Å². The van der Waals surface area contributed by atoms with Crippen molar-refractivity contribution >= 4 is 45.0 Å². The van der Waals surface area contributed by atoms with Crippen molar-refractivity contribution in [3.8, 4) is 11.5 Å². The van der Waals surface area contributed by atoms with E-state index in [1.54, 1.807) is 50.7 Å². The summed E-state index contributed by atoms with van der Waals surface area (Å²) < 4.78 is 11.5. The molecule has 0 aliphatic carbocycles. The zero-order chi connectivity index (χ0) is 24.1. The molecule has 0 spiro atoms. The van der Waals surface area contributed by atoms with Crippen LogP contribution in [0.15, 0.2) is 47.2 Å². The number of amides is 1. The van der Waals surface area contributed by atoms with Crippen molar-refractivity contribution in [2.45, 2.75) is 0 Å². The molecule has 3 heterocycles. The average molecular weight is 528 g/mol. The largest absolute Gasteiger partial charge is 0.494 e. The van der Waals surface area contributed by atoms with Gasteiger partial charge in [-0.1, -0.05) is 6.07 Å². The Kier molecular flexibility index (Phi) is 7.43. The highest BCUT2D eigenvalue weighted by atomic mass is 79.9. The molecule has 0 atom stereocenters. The first kappa shape index (κ1) is 23.7. The monoisotopic (exact) mass is 527 g/mol. The lowest BCUT2D eigenvalue weighted by Crippen LogP contribution is -2.45. The normalized spacial score (nSPS) is 13.9. The second kappa shape index (κ2) is 10.7. The van der Waals surface area contributed by atoms with Gasteiger partial charge in [0.15, 0.2) is 11.6 Å². The molecule has 0 unspecified atom stereocenters. The third-order valence-electron chi connectivity index (χ3n) is 5.41. The third-order valence-corrected chi connectivity index (χ3v) is 5.85. The number of ether oxygens (including phenoxy) is 2. The lowest BCUT2D eigenvalue weighted by Gasteiger charge is -2.32. The quantitative estimate of drug-likeness (QED) is 0.447. The number of halogens is 1. The molecule has 0 bridgehead atoms. The van der Waals surface area contributed by atoms with Gasteiger partial charge in [-0.05, 0) is 47.2 Å². The number of pyridine rings is 1. The fourth-order valence-corrected chi connectivity index (χ4v) is 3.83. The molecule has 1 fully saturated rings. The highest BCUT2D eigenvalue weighted by Crippen LogP contribution is 2.32. The molecule has 2 N–H and O–H groups in total. The van der Waals surface area contributed by atoms with Crippen molar-refractivity contribution in [2.24, 2.45) is 0 Å². The number of rotatable bonds is 7. The summed E-state index contributed by atoms with van der Waals surface area (Å²) in [4.78, 5) is 30.4. The Morgan fingerprint density at radius 2 is 1.79 bits per heavy atom. The minimum absolute atomic E-state index is 0.292. The number of benzene rings is 1. The Labute approximate surface area is 206 Å². The van der Waals surface area contributed by atoms with Crippen molar-refractivity contribution < 1.29 is 14.3 Å². The predicted molar refractivity (Wildman–Crippen MR) is 134 cm³/mol. The van der Waals surface area contributed by atoms with E-state index < -0.39 is 0 Å². The van der Waals surface area contributed by atoms with Crippen LogP contribution < -0.4 is 25.0 Å². The summed E-state index contributed by atoms with van der Waals surface area (Å²) in [5.74, 6) is 1.86. The number of nitrogens with one attached hydrogen (secondary N) is 2. The number of methoxy groups -OCH3 is 2. The SMILES string of the molecule is COc1cc(Nc2nc(N3CCN(C)CC3)ncc2OC)ccc1NC(=O)c1cccc(Br)n1. The highest BCUT2D eigenvalue weighted by molar-refractivity contribution is 9.10. The number of hydrogen-bond donors (Lipinski definition) is 2. The van der Waals surface area contributed by atoms with Crippen LogP contribution in [0.4, 0.5) is 23.1 Å². The number of likely N-dealkylation sites (N-methyl/N-ethyl adjacent to an activating group) is 1. The van der Waals surface area contributed by atoms with E-state index in [0.29, 0.717) is 39.2 Å². The first-order valence-corrected chi connectivity index (χ1v) is 11.5. The van der Waals surface area contributed by atoms with Gasteiger partial charge in [-0.3, -0.25) is 4.79 Å². The molecule has 34 heavy (non-hydrogen) atoms. The molecule has 178 valence electrons. The van der Waals surface area contributed by atoms with Gasteiger partial charge < -0.3 is 29.9 Å². The third kappa shape index (κ3) is 5.54. The number of piperazine rings is 1. The summed E-state index contributed by atoms with van der Waals surface area (Å²) in [5, 5.41) is 6.12. The summed E-state index contributed by atoms with van der Waals surface area (Å²) >= 11 is 3.28. The topological polar surface area (TPSA) is 105 Å². The minimum Gasteiger partial charge on any atom is -0.494 e. The smallest absolute Gasteiger partial charge is 0.274 e. The zero-order valence-electron chi connectivity index (χ0n) is 19.2. The van der Waals surface area contributed by atoms with Crippen LogP contribution in [0.25, 0.3) is 0 Å². The minimum atomic E-state index is -0.338. The van der Waals surface area contributed by atoms with Crippen LogP contribution >= 0.6 is 15.9 Å². The van der Waals surface area contributed by atoms with E-state index in [4.69, 9.17) is 14.5 Å². The zero-order valence-corrected chi connectivity index (χ0v) is 20.8. The van der Waals surface area contributed by atoms with Gasteiger partial charge in [0.25, 0.3) is 5.91 Å². The fourth-order valence-electron chi connectivity index (χ4n) is 3.49. The molecular formula is C23H26BrN7O3. The highest BCUT2D eigenvalue weighted by Gasteiger charge is 2.19. The Hall–Kier alpha value is -3.44. The lowest BCUT2D eigenvalue weighted by atomic mass is 10.2. The molecule has 1 saturated heterocycles. The van der Waals surface area contributed by atoms with Crippen molar-refractivity contribution in [1.82, 2.24) is 19.9 Å². The van der Waals surface area contributed by atoms with Crippen LogP contribution in [0.3, 0.4) is 0 Å². The van der Waals surface area contributed by atoms with Crippen LogP contribution in [0, 0.1) is 0 Å². The summed E-state index contributed by atoms with van der Waals surface area (Å²) in [6.45, 7) is 3.63. The number of carbonyl (C=O) groups excluding carboxylic acids is 1. The first-order valence-electron chi connectivity index (χ1n) is 10.7. The molecule has 1 amide bonds. The molecule has 2 aromatic heterocycles. The maximum Gasteiger partial charge on any atom is 0.274 e. The molecule has 10 nitrogen and oxygen atoms in total. The summed E-state index contributed by atoms with van der Waals surface area (Å²) in [5.41, 5.74) is 1.53. The fraction of sp³-hybridized carbons (Fsp3) is 0.304. The number of nitrogens with zero attached hydrogens (tertiary/aromatic N) is 5. The number of aromatic nitrogens is 3. The molecule has 0 saturated carbocycles. The van der Waals surface area contributed by atoms with E-state index in [2.05, 4.69) is 53.4 Å². The van der Waals surface area contributed by atoms with Gasteiger partial charge in [-0.2, -0.15) is 4.98 Å². The summed E-state index contributed by atoms with van der Waals surface area (Å²) in [6, 6.07) is 10.5. The molecule has 3 aromatic rings. The van der Waals surface area contributed by atoms with Crippen molar-refractivity contribution in [3.63, 3.8) is 0 Å². The first-order chi connectivity index (χ1) is 16.5. The van der Waals surface area contributed by atoms with Crippen molar-refractivity contribution in [2.75, 3.05) is 63.0 Å². The standard InChI is InChI=1S/C23H26BrN7O3/c1-30-9-11-31(12-10-30)23-25-14-19(34-3)21(29-23)26-15-7-8-16(18(13-15)33-2)28-22(32)17-5-4-6-20(24)27-17/h4-8,13-14H,9-12H2,1-3H3,(H,28,32)(H,25,26,29). The molecular weight excluding hydrogens is 502 g/mol. The van der Waals surface area contributed by atoms with Crippen LogP contribution in [0.1, 0.15) is 10.5 Å². The predicted octanol–water partition coefficient (Wildman–Crippen LogP) is 3.40. The van der Waals surface area contributed by atoms with Gasteiger partial charge >= 0.3 is 0 Å². The molecule has 11 heteroatoms. The Bertz CT molecular complexity index is 1170. The molecule has 1 aliphatic rings. The Morgan fingerprint density at radius 3 is 2.50 bits per heavy atom. The van der Waals surface area contributed by atoms with E-state index in [1.807, 2.05) is 6.07 Å². The van der Waals surface area contributed by atoms with Gasteiger partial charge in [0.05, 0.1) is 26.1 Å². The van der Waals surface area contributed by atoms with Gasteiger partial charge in [0.2, 0.25) is 5.95 Å². The van der Waals surface area contributed by atoms with E-state index >= 15 is 0 Å². The molecule has 1 aromatic carbocycles. The van der Waals surface area contributed by atoms with Gasteiger partial charge in [0, 0.05) is 37.9 Å². The molecule has 0 radical (unpaired) electrons. The average Bonchev–Trinajstić information content (AvgIpc) is 2.85. The Balaban J connectivity index is 1.53. The van der Waals surface area contributed by atoms with Crippen LogP contribution in [-0.4, -0.2) is 73.2 Å². The number of anilines is 4. The maximum atomic E-state index is 12.6. The number of carbonyl (C=O) groups is 1. The summed E-state index contributed by atoms with van der Waals surface area (Å²) in [7, 11) is 5.23. The van der Waals surface area contributed by atoms with Crippen LogP contribution in [0.2, 0.25) is 0 Å². The lowest BCUT2D eigenvalue weighted by molar-refractivity contribution is 0.102. The number of hydrogen-bond acceptors (Lipinski definition) is 9. The van der Waals surface area contributed by atoms with E-state index in [1.165, 1.54) is 0 Å². The van der Waals surface area contributed by atoms with Crippen LogP contribution in [0.5, 0.6) is 11.5 Å². The van der Waals surface area contributed by atoms with E-state index in [9.17, 15) is 4.79 Å². The molecule has 4 rings (SSSR count). The van der Waals surface area contributed by atoms with Gasteiger partial charge in [-0.25, -0.2) is 9.97 Å². The van der Waals surface area contributed by atoms with Gasteiger partial charge in [0.1, 0.15) is 16.0 Å². The molecule has 1 aliphatic heterocycles.